The van der Waals surface area contributed by atoms with Crippen LogP contribution in [0.1, 0.15) is 6.42 Å². The number of hydrogen-bond donors (Lipinski definition) is 1. The van der Waals surface area contributed by atoms with E-state index in [-0.39, 0.29) is 5.91 Å². The molecular formula is C11H13BrN2O. The van der Waals surface area contributed by atoms with Crippen molar-refractivity contribution in [1.29, 1.82) is 0 Å². The molecule has 0 spiro atoms. The maximum atomic E-state index is 11.8. The molecular weight excluding hydrogens is 256 g/mol. The van der Waals surface area contributed by atoms with Crippen molar-refractivity contribution in [2.75, 3.05) is 24.5 Å². The lowest BCUT2D eigenvalue weighted by Gasteiger charge is -2.21. The van der Waals surface area contributed by atoms with Crippen LogP contribution in [0.15, 0.2) is 28.7 Å². The largest absolute Gasteiger partial charge is 0.314 e. The van der Waals surface area contributed by atoms with Gasteiger partial charge in [0.05, 0.1) is 5.69 Å². The van der Waals surface area contributed by atoms with Gasteiger partial charge in [0.2, 0.25) is 5.91 Å². The minimum absolute atomic E-state index is 0.187. The van der Waals surface area contributed by atoms with Crippen molar-refractivity contribution in [2.45, 2.75) is 6.42 Å². The fourth-order valence-electron chi connectivity index (χ4n) is 1.70. The summed E-state index contributed by atoms with van der Waals surface area (Å²) in [6.07, 6.45) is 0.571. The number of carbonyl (C=O) groups excluding carboxylic acids is 1. The van der Waals surface area contributed by atoms with E-state index in [1.54, 1.807) is 0 Å². The van der Waals surface area contributed by atoms with E-state index in [9.17, 15) is 4.79 Å². The number of benzene rings is 1. The van der Waals surface area contributed by atoms with Gasteiger partial charge >= 0.3 is 0 Å². The molecule has 0 saturated carbocycles. The van der Waals surface area contributed by atoms with Crippen molar-refractivity contribution in [1.82, 2.24) is 5.32 Å². The zero-order valence-corrected chi connectivity index (χ0v) is 9.96. The Morgan fingerprint density at radius 2 is 2.07 bits per heavy atom. The standard InChI is InChI=1S/C11H13BrN2O/c12-9-3-1-2-4-10(9)14-8-7-13-6-5-11(14)15/h1-4,13H,5-8H2. The molecule has 0 atom stereocenters. The number of rotatable bonds is 1. The lowest BCUT2D eigenvalue weighted by Crippen LogP contribution is -2.32. The Morgan fingerprint density at radius 3 is 2.87 bits per heavy atom. The molecule has 1 fully saturated rings. The Hall–Kier alpha value is -0.870. The summed E-state index contributed by atoms with van der Waals surface area (Å²) in [5, 5.41) is 3.22. The van der Waals surface area contributed by atoms with E-state index in [1.807, 2.05) is 29.2 Å². The molecule has 1 heterocycles. The van der Waals surface area contributed by atoms with Crippen molar-refractivity contribution in [3.05, 3.63) is 28.7 Å². The Balaban J connectivity index is 2.28. The average Bonchev–Trinajstić information content (AvgIpc) is 2.44. The van der Waals surface area contributed by atoms with Crippen molar-refractivity contribution in [3.8, 4) is 0 Å². The monoisotopic (exact) mass is 268 g/mol. The average molecular weight is 269 g/mol. The summed E-state index contributed by atoms with van der Waals surface area (Å²) >= 11 is 3.47. The highest BCUT2D eigenvalue weighted by atomic mass is 79.9. The van der Waals surface area contributed by atoms with Crippen LogP contribution in [0.3, 0.4) is 0 Å². The number of carbonyl (C=O) groups is 1. The first kappa shape index (κ1) is 10.6. The van der Waals surface area contributed by atoms with E-state index >= 15 is 0 Å². The minimum Gasteiger partial charge on any atom is -0.314 e. The van der Waals surface area contributed by atoms with Crippen LogP contribution in [0.2, 0.25) is 0 Å². The van der Waals surface area contributed by atoms with E-state index in [2.05, 4.69) is 21.2 Å². The number of nitrogens with one attached hydrogen (secondary N) is 1. The van der Waals surface area contributed by atoms with Gasteiger partial charge in [-0.05, 0) is 28.1 Å². The molecule has 3 nitrogen and oxygen atoms in total. The van der Waals surface area contributed by atoms with Gasteiger partial charge in [-0.3, -0.25) is 4.79 Å². The molecule has 4 heteroatoms. The lowest BCUT2D eigenvalue weighted by atomic mass is 10.2. The summed E-state index contributed by atoms with van der Waals surface area (Å²) < 4.78 is 0.972. The number of nitrogens with zero attached hydrogens (tertiary/aromatic N) is 1. The Morgan fingerprint density at radius 1 is 1.27 bits per heavy atom. The topological polar surface area (TPSA) is 32.3 Å². The fourth-order valence-corrected chi connectivity index (χ4v) is 2.20. The van der Waals surface area contributed by atoms with E-state index in [4.69, 9.17) is 0 Å². The highest BCUT2D eigenvalue weighted by molar-refractivity contribution is 9.10. The van der Waals surface area contributed by atoms with Crippen LogP contribution in [-0.4, -0.2) is 25.5 Å². The maximum absolute atomic E-state index is 11.8. The van der Waals surface area contributed by atoms with Gasteiger partial charge in [-0.2, -0.15) is 0 Å². The number of anilines is 1. The van der Waals surface area contributed by atoms with E-state index in [0.29, 0.717) is 6.42 Å². The van der Waals surface area contributed by atoms with Gasteiger partial charge in [-0.1, -0.05) is 12.1 Å². The second-order valence-corrected chi connectivity index (χ2v) is 4.35. The first-order valence-corrected chi connectivity index (χ1v) is 5.84. The number of halogens is 1. The molecule has 1 saturated heterocycles. The smallest absolute Gasteiger partial charge is 0.228 e. The summed E-state index contributed by atoms with van der Waals surface area (Å²) in [5.41, 5.74) is 0.964. The van der Waals surface area contributed by atoms with Gasteiger partial charge in [0.25, 0.3) is 0 Å². The second kappa shape index (κ2) is 4.77. The quantitative estimate of drug-likeness (QED) is 0.842. The third-order valence-corrected chi connectivity index (χ3v) is 3.14. The molecule has 0 bridgehead atoms. The molecule has 1 amide bonds. The number of hydrogen-bond acceptors (Lipinski definition) is 2. The molecule has 2 rings (SSSR count). The first-order valence-electron chi connectivity index (χ1n) is 5.04. The molecule has 0 radical (unpaired) electrons. The van der Waals surface area contributed by atoms with Crippen molar-refractivity contribution < 1.29 is 4.79 Å². The van der Waals surface area contributed by atoms with Crippen LogP contribution in [0.5, 0.6) is 0 Å². The van der Waals surface area contributed by atoms with E-state index in [1.165, 1.54) is 0 Å². The van der Waals surface area contributed by atoms with E-state index in [0.717, 1.165) is 29.8 Å². The maximum Gasteiger partial charge on any atom is 0.228 e. The van der Waals surface area contributed by atoms with Crippen LogP contribution in [0, 0.1) is 0 Å². The zero-order chi connectivity index (χ0) is 10.7. The molecule has 80 valence electrons. The van der Waals surface area contributed by atoms with Crippen LogP contribution in [0.4, 0.5) is 5.69 Å². The SMILES string of the molecule is O=C1CCNCCN1c1ccccc1Br. The van der Waals surface area contributed by atoms with Crippen LogP contribution >= 0.6 is 15.9 Å². The third-order valence-electron chi connectivity index (χ3n) is 2.47. The van der Waals surface area contributed by atoms with Gasteiger partial charge in [0.15, 0.2) is 0 Å². The first-order chi connectivity index (χ1) is 7.29. The lowest BCUT2D eigenvalue weighted by molar-refractivity contribution is -0.118. The summed E-state index contributed by atoms with van der Waals surface area (Å²) in [5.74, 6) is 0.187. The predicted octanol–water partition coefficient (Wildman–Crippen LogP) is 1.78. The van der Waals surface area contributed by atoms with Crippen molar-refractivity contribution >= 4 is 27.5 Å². The Kier molecular flexibility index (Phi) is 3.38. The molecule has 0 aromatic heterocycles. The second-order valence-electron chi connectivity index (χ2n) is 3.50. The van der Waals surface area contributed by atoms with Gasteiger partial charge in [0, 0.05) is 30.5 Å². The fraction of sp³-hybridized carbons (Fsp3) is 0.364. The van der Waals surface area contributed by atoms with Gasteiger partial charge in [0.1, 0.15) is 0 Å². The third kappa shape index (κ3) is 2.38. The van der Waals surface area contributed by atoms with Gasteiger partial charge in [-0.25, -0.2) is 0 Å². The Labute approximate surface area is 97.6 Å². The minimum atomic E-state index is 0.187. The van der Waals surface area contributed by atoms with Crippen molar-refractivity contribution in [3.63, 3.8) is 0 Å². The van der Waals surface area contributed by atoms with E-state index < -0.39 is 0 Å². The van der Waals surface area contributed by atoms with Crippen molar-refractivity contribution in [2.24, 2.45) is 0 Å². The normalized spacial score (nSPS) is 17.7. The number of amides is 1. The highest BCUT2D eigenvalue weighted by Crippen LogP contribution is 2.26. The molecule has 1 aliphatic heterocycles. The predicted molar refractivity (Wildman–Crippen MR) is 64.0 cm³/mol. The molecule has 0 unspecified atom stereocenters. The van der Waals surface area contributed by atoms with Crippen LogP contribution in [-0.2, 0) is 4.79 Å². The highest BCUT2D eigenvalue weighted by Gasteiger charge is 2.19. The molecule has 15 heavy (non-hydrogen) atoms. The van der Waals surface area contributed by atoms with Gasteiger partial charge in [-0.15, -0.1) is 0 Å². The molecule has 1 aliphatic rings. The zero-order valence-electron chi connectivity index (χ0n) is 8.37. The number of para-hydroxylation sites is 1. The summed E-state index contributed by atoms with van der Waals surface area (Å²) in [4.78, 5) is 13.7. The molecule has 1 N–H and O–H groups in total. The molecule has 0 aliphatic carbocycles. The molecule has 1 aromatic rings. The summed E-state index contributed by atoms with van der Waals surface area (Å²) in [6.45, 7) is 2.37. The van der Waals surface area contributed by atoms with Crippen LogP contribution in [0.25, 0.3) is 0 Å². The van der Waals surface area contributed by atoms with Gasteiger partial charge < -0.3 is 10.2 Å². The summed E-state index contributed by atoms with van der Waals surface area (Å²) in [7, 11) is 0. The Bertz CT molecular complexity index is 367. The molecule has 1 aromatic carbocycles. The van der Waals surface area contributed by atoms with Crippen LogP contribution < -0.4 is 10.2 Å². The summed E-state index contributed by atoms with van der Waals surface area (Å²) in [6, 6.07) is 7.83.